The molecule has 0 radical (unpaired) electrons. The monoisotopic (exact) mass is 290 g/mol. The van der Waals surface area contributed by atoms with Gasteiger partial charge in [0.15, 0.2) is 0 Å². The van der Waals surface area contributed by atoms with Gasteiger partial charge >= 0.3 is 0 Å². The molecule has 1 saturated heterocycles. The molecule has 1 heterocycles. The van der Waals surface area contributed by atoms with Crippen molar-refractivity contribution in [2.75, 3.05) is 19.4 Å². The Morgan fingerprint density at radius 2 is 2.11 bits per heavy atom. The number of piperidine rings is 1. The van der Waals surface area contributed by atoms with E-state index in [0.717, 1.165) is 32.2 Å². The molecule has 3 unspecified atom stereocenters. The molecular formula is C13H26N2O3S. The molecule has 2 fully saturated rings. The van der Waals surface area contributed by atoms with Crippen molar-refractivity contribution < 1.29 is 13.2 Å². The highest BCUT2D eigenvalue weighted by molar-refractivity contribution is 7.89. The molecule has 112 valence electrons. The summed E-state index contributed by atoms with van der Waals surface area (Å²) in [5.41, 5.74) is -0.123. The highest BCUT2D eigenvalue weighted by Crippen LogP contribution is 2.42. The molecular weight excluding hydrogens is 264 g/mol. The van der Waals surface area contributed by atoms with Gasteiger partial charge < -0.3 is 10.1 Å². The average molecular weight is 290 g/mol. The van der Waals surface area contributed by atoms with Crippen LogP contribution in [-0.4, -0.2) is 46.0 Å². The lowest BCUT2D eigenvalue weighted by molar-refractivity contribution is -0.0908. The molecule has 2 aliphatic rings. The van der Waals surface area contributed by atoms with E-state index in [1.54, 1.807) is 7.11 Å². The number of hydrogen-bond donors (Lipinski definition) is 2. The predicted molar refractivity (Wildman–Crippen MR) is 75.5 cm³/mol. The second kappa shape index (κ2) is 5.68. The van der Waals surface area contributed by atoms with Crippen molar-refractivity contribution in [3.8, 4) is 0 Å². The van der Waals surface area contributed by atoms with Crippen molar-refractivity contribution in [3.05, 3.63) is 0 Å². The third-order valence-corrected chi connectivity index (χ3v) is 6.10. The summed E-state index contributed by atoms with van der Waals surface area (Å²) in [6, 6.07) is 0.0960. The third-order valence-electron chi connectivity index (χ3n) is 4.62. The maximum Gasteiger partial charge on any atom is 0.213 e. The van der Waals surface area contributed by atoms with E-state index < -0.39 is 10.0 Å². The van der Waals surface area contributed by atoms with Crippen LogP contribution in [0.4, 0.5) is 0 Å². The lowest BCUT2D eigenvalue weighted by Gasteiger charge is -2.51. The molecule has 1 aliphatic carbocycles. The van der Waals surface area contributed by atoms with Gasteiger partial charge in [-0.25, -0.2) is 13.1 Å². The Balaban J connectivity index is 1.87. The fourth-order valence-electron chi connectivity index (χ4n) is 3.08. The molecule has 2 rings (SSSR count). The van der Waals surface area contributed by atoms with Gasteiger partial charge in [-0.05, 0) is 25.8 Å². The first kappa shape index (κ1) is 15.2. The summed E-state index contributed by atoms with van der Waals surface area (Å²) < 4.78 is 32.6. The second-order valence-electron chi connectivity index (χ2n) is 6.38. The minimum absolute atomic E-state index is 0.00830. The number of sulfonamides is 1. The summed E-state index contributed by atoms with van der Waals surface area (Å²) in [6.07, 6.45) is 4.13. The van der Waals surface area contributed by atoms with E-state index in [2.05, 4.69) is 23.9 Å². The van der Waals surface area contributed by atoms with Gasteiger partial charge in [0.25, 0.3) is 0 Å². The molecule has 19 heavy (non-hydrogen) atoms. The summed E-state index contributed by atoms with van der Waals surface area (Å²) in [5.74, 6) is 0.192. The molecule has 0 bridgehead atoms. The minimum atomic E-state index is -3.21. The SMILES string of the molecule is COC1CC(NS(=O)(=O)CC2CCCCN2)C1(C)C. The van der Waals surface area contributed by atoms with Crippen LogP contribution in [0.25, 0.3) is 0 Å². The third kappa shape index (κ3) is 3.48. The molecule has 6 heteroatoms. The maximum absolute atomic E-state index is 12.2. The fraction of sp³-hybridized carbons (Fsp3) is 1.00. The van der Waals surface area contributed by atoms with Gasteiger partial charge in [0.1, 0.15) is 0 Å². The first-order chi connectivity index (χ1) is 8.85. The second-order valence-corrected chi connectivity index (χ2v) is 8.18. The molecule has 3 atom stereocenters. The average Bonchev–Trinajstić information content (AvgIpc) is 2.34. The minimum Gasteiger partial charge on any atom is -0.381 e. The van der Waals surface area contributed by atoms with Crippen molar-refractivity contribution in [2.45, 2.75) is 57.7 Å². The summed E-state index contributed by atoms with van der Waals surface area (Å²) in [7, 11) is -1.53. The number of methoxy groups -OCH3 is 1. The normalized spacial score (nSPS) is 34.8. The molecule has 1 saturated carbocycles. The van der Waals surface area contributed by atoms with Gasteiger partial charge in [0.2, 0.25) is 10.0 Å². The Morgan fingerprint density at radius 1 is 1.37 bits per heavy atom. The Kier molecular flexibility index (Phi) is 4.55. The van der Waals surface area contributed by atoms with Crippen LogP contribution < -0.4 is 10.0 Å². The van der Waals surface area contributed by atoms with Crippen LogP contribution in [-0.2, 0) is 14.8 Å². The van der Waals surface area contributed by atoms with Crippen LogP contribution in [0.2, 0.25) is 0 Å². The zero-order valence-corrected chi connectivity index (χ0v) is 12.9. The number of ether oxygens (including phenoxy) is 1. The van der Waals surface area contributed by atoms with Gasteiger partial charge in [-0.3, -0.25) is 0 Å². The molecule has 5 nitrogen and oxygen atoms in total. The molecule has 1 aliphatic heterocycles. The first-order valence-electron chi connectivity index (χ1n) is 7.11. The van der Waals surface area contributed by atoms with Crippen molar-refractivity contribution in [1.29, 1.82) is 0 Å². The van der Waals surface area contributed by atoms with E-state index in [1.807, 2.05) is 0 Å². The van der Waals surface area contributed by atoms with E-state index in [1.165, 1.54) is 0 Å². The Labute approximate surface area is 116 Å². The fourth-order valence-corrected chi connectivity index (χ4v) is 4.83. The van der Waals surface area contributed by atoms with Crippen LogP contribution in [0.1, 0.15) is 39.5 Å². The van der Waals surface area contributed by atoms with E-state index in [0.29, 0.717) is 0 Å². The number of hydrogen-bond acceptors (Lipinski definition) is 4. The lowest BCUT2D eigenvalue weighted by Crippen LogP contribution is -2.62. The quantitative estimate of drug-likeness (QED) is 0.788. The van der Waals surface area contributed by atoms with E-state index >= 15 is 0 Å². The van der Waals surface area contributed by atoms with Crippen molar-refractivity contribution in [3.63, 3.8) is 0 Å². The Morgan fingerprint density at radius 3 is 2.63 bits per heavy atom. The van der Waals surface area contributed by atoms with E-state index in [4.69, 9.17) is 4.74 Å². The van der Waals surface area contributed by atoms with E-state index in [-0.39, 0.29) is 29.4 Å². The largest absolute Gasteiger partial charge is 0.381 e. The van der Waals surface area contributed by atoms with Crippen molar-refractivity contribution >= 4 is 10.0 Å². The van der Waals surface area contributed by atoms with Crippen LogP contribution in [0.5, 0.6) is 0 Å². The van der Waals surface area contributed by atoms with Gasteiger partial charge in [0, 0.05) is 24.6 Å². The molecule has 2 N–H and O–H groups in total. The molecule has 0 aromatic rings. The van der Waals surface area contributed by atoms with Gasteiger partial charge in [0.05, 0.1) is 11.9 Å². The summed E-state index contributed by atoms with van der Waals surface area (Å²) in [4.78, 5) is 0. The van der Waals surface area contributed by atoms with Crippen LogP contribution >= 0.6 is 0 Å². The van der Waals surface area contributed by atoms with Crippen LogP contribution in [0.15, 0.2) is 0 Å². The highest BCUT2D eigenvalue weighted by atomic mass is 32.2. The zero-order valence-electron chi connectivity index (χ0n) is 12.1. The first-order valence-corrected chi connectivity index (χ1v) is 8.76. The van der Waals surface area contributed by atoms with Crippen molar-refractivity contribution in [2.24, 2.45) is 5.41 Å². The van der Waals surface area contributed by atoms with Crippen LogP contribution in [0.3, 0.4) is 0 Å². The zero-order chi connectivity index (χ0) is 14.1. The smallest absolute Gasteiger partial charge is 0.213 e. The Bertz CT molecular complexity index is 402. The standard InChI is InChI=1S/C13H26N2O3S/c1-13(2)11(8-12(13)18-3)15-19(16,17)9-10-6-4-5-7-14-10/h10-12,14-15H,4-9H2,1-3H3. The van der Waals surface area contributed by atoms with Gasteiger partial charge in [-0.1, -0.05) is 20.3 Å². The Hall–Kier alpha value is -0.170. The van der Waals surface area contributed by atoms with Crippen molar-refractivity contribution in [1.82, 2.24) is 10.0 Å². The number of rotatable bonds is 5. The molecule has 0 aromatic heterocycles. The van der Waals surface area contributed by atoms with Crippen LogP contribution in [0, 0.1) is 5.41 Å². The molecule has 0 spiro atoms. The molecule has 0 aromatic carbocycles. The summed E-state index contributed by atoms with van der Waals surface area (Å²) in [6.45, 7) is 5.04. The van der Waals surface area contributed by atoms with Gasteiger partial charge in [-0.2, -0.15) is 0 Å². The maximum atomic E-state index is 12.2. The topological polar surface area (TPSA) is 67.4 Å². The van der Waals surface area contributed by atoms with Gasteiger partial charge in [-0.15, -0.1) is 0 Å². The summed E-state index contributed by atoms with van der Waals surface area (Å²) >= 11 is 0. The highest BCUT2D eigenvalue weighted by Gasteiger charge is 2.50. The predicted octanol–water partition coefficient (Wildman–Crippen LogP) is 0.861. The number of nitrogens with one attached hydrogen (secondary N) is 2. The molecule has 0 amide bonds. The van der Waals surface area contributed by atoms with E-state index in [9.17, 15) is 8.42 Å². The summed E-state index contributed by atoms with van der Waals surface area (Å²) in [5, 5.41) is 3.28. The lowest BCUT2D eigenvalue weighted by atomic mass is 9.65.